The van der Waals surface area contributed by atoms with Crippen molar-refractivity contribution >= 4 is 22.6 Å². The zero-order chi connectivity index (χ0) is 19.0. The molecule has 1 amide bonds. The molecule has 3 aromatic rings. The molecular weight excluding hydrogens is 338 g/mol. The predicted molar refractivity (Wildman–Crippen MR) is 107 cm³/mol. The number of pyridine rings is 1. The van der Waals surface area contributed by atoms with E-state index in [1.807, 2.05) is 80.5 Å². The summed E-state index contributed by atoms with van der Waals surface area (Å²) in [7, 11) is 3.93. The van der Waals surface area contributed by atoms with Gasteiger partial charge in [-0.15, -0.1) is 0 Å². The molecule has 0 saturated heterocycles. The topological polar surface area (TPSA) is 54.5 Å². The summed E-state index contributed by atoms with van der Waals surface area (Å²) in [6, 6.07) is 17.9. The van der Waals surface area contributed by atoms with Gasteiger partial charge in [-0.2, -0.15) is 0 Å². The smallest absolute Gasteiger partial charge is 0.261 e. The van der Waals surface area contributed by atoms with Crippen LogP contribution in [0.25, 0.3) is 10.9 Å². The van der Waals surface area contributed by atoms with Gasteiger partial charge < -0.3 is 15.0 Å². The summed E-state index contributed by atoms with van der Waals surface area (Å²) in [6.07, 6.45) is -0.496. The van der Waals surface area contributed by atoms with Crippen molar-refractivity contribution in [1.82, 2.24) is 10.3 Å². The van der Waals surface area contributed by atoms with Crippen LogP contribution in [-0.4, -0.2) is 31.1 Å². The Labute approximate surface area is 159 Å². The molecule has 0 aliphatic carbocycles. The van der Waals surface area contributed by atoms with Crippen molar-refractivity contribution in [3.05, 3.63) is 65.7 Å². The monoisotopic (exact) mass is 361 g/mol. The van der Waals surface area contributed by atoms with Crippen molar-refractivity contribution in [2.24, 2.45) is 0 Å². The highest BCUT2D eigenvalue weighted by Crippen LogP contribution is 2.37. The minimum Gasteiger partial charge on any atom is -0.480 e. The van der Waals surface area contributed by atoms with Crippen LogP contribution >= 0.6 is 0 Å². The molecule has 1 aliphatic rings. The highest BCUT2D eigenvalue weighted by molar-refractivity contribution is 5.86. The summed E-state index contributed by atoms with van der Waals surface area (Å²) in [6.45, 7) is 2.47. The van der Waals surface area contributed by atoms with Crippen LogP contribution in [0.5, 0.6) is 5.75 Å². The minimum atomic E-state index is -0.496. The first kappa shape index (κ1) is 17.3. The van der Waals surface area contributed by atoms with Crippen LogP contribution < -0.4 is 15.0 Å². The lowest BCUT2D eigenvalue weighted by Gasteiger charge is -2.18. The zero-order valence-electron chi connectivity index (χ0n) is 15.8. The van der Waals surface area contributed by atoms with E-state index in [4.69, 9.17) is 4.74 Å². The minimum absolute atomic E-state index is 0.0349. The molecule has 2 atom stereocenters. The molecule has 2 unspecified atom stereocenters. The molecular formula is C22H23N3O2. The predicted octanol–water partition coefficient (Wildman–Crippen LogP) is 3.48. The highest BCUT2D eigenvalue weighted by Gasteiger charge is 2.35. The standard InChI is InChI=1S/C22H23N3O2/c1-14-16-8-5-7-11-19(16)27-21(14)22(26)23-13-15-12-20(25(2)3)24-18-10-6-4-9-17(15)18/h4-12,14,21H,13H2,1-3H3,(H,23,26). The van der Waals surface area contributed by atoms with Crippen LogP contribution in [0.15, 0.2) is 54.6 Å². The van der Waals surface area contributed by atoms with E-state index in [2.05, 4.69) is 10.3 Å². The second-order valence-electron chi connectivity index (χ2n) is 7.13. The largest absolute Gasteiger partial charge is 0.480 e. The molecule has 138 valence electrons. The molecule has 1 aromatic heterocycles. The van der Waals surface area contributed by atoms with E-state index in [0.29, 0.717) is 6.54 Å². The van der Waals surface area contributed by atoms with Gasteiger partial charge in [0.2, 0.25) is 0 Å². The lowest BCUT2D eigenvalue weighted by molar-refractivity contribution is -0.128. The number of amides is 1. The van der Waals surface area contributed by atoms with Crippen LogP contribution in [0, 0.1) is 0 Å². The van der Waals surface area contributed by atoms with Crippen LogP contribution in [0.2, 0.25) is 0 Å². The highest BCUT2D eigenvalue weighted by atomic mass is 16.5. The van der Waals surface area contributed by atoms with E-state index < -0.39 is 6.10 Å². The van der Waals surface area contributed by atoms with Crippen molar-refractivity contribution in [3.8, 4) is 5.75 Å². The Morgan fingerprint density at radius 2 is 1.89 bits per heavy atom. The van der Waals surface area contributed by atoms with Gasteiger partial charge in [0, 0.05) is 37.5 Å². The SMILES string of the molecule is CC1c2ccccc2OC1C(=O)NCc1cc(N(C)C)nc2ccccc12. The van der Waals surface area contributed by atoms with Crippen LogP contribution in [0.1, 0.15) is 24.0 Å². The maximum absolute atomic E-state index is 12.8. The summed E-state index contributed by atoms with van der Waals surface area (Å²) in [5.74, 6) is 1.61. The number of fused-ring (bicyclic) bond motifs is 2. The zero-order valence-corrected chi connectivity index (χ0v) is 15.8. The first-order valence-corrected chi connectivity index (χ1v) is 9.14. The van der Waals surface area contributed by atoms with E-state index in [9.17, 15) is 4.79 Å². The van der Waals surface area contributed by atoms with Gasteiger partial charge in [-0.05, 0) is 23.8 Å². The fourth-order valence-corrected chi connectivity index (χ4v) is 3.54. The van der Waals surface area contributed by atoms with Crippen molar-refractivity contribution in [2.45, 2.75) is 25.5 Å². The van der Waals surface area contributed by atoms with Crippen molar-refractivity contribution < 1.29 is 9.53 Å². The lowest BCUT2D eigenvalue weighted by Crippen LogP contribution is -2.38. The molecule has 2 heterocycles. The lowest BCUT2D eigenvalue weighted by atomic mass is 9.97. The summed E-state index contributed by atoms with van der Waals surface area (Å²) in [4.78, 5) is 19.4. The van der Waals surface area contributed by atoms with E-state index in [1.54, 1.807) is 0 Å². The number of carbonyl (C=O) groups excluding carboxylic acids is 1. The van der Waals surface area contributed by atoms with Gasteiger partial charge in [0.05, 0.1) is 5.52 Å². The number of hydrogen-bond acceptors (Lipinski definition) is 4. The molecule has 0 spiro atoms. The molecule has 2 aromatic carbocycles. The molecule has 0 bridgehead atoms. The number of para-hydroxylation sites is 2. The summed E-state index contributed by atoms with van der Waals surface area (Å²) in [5, 5.41) is 4.10. The van der Waals surface area contributed by atoms with Crippen LogP contribution in [0.3, 0.4) is 0 Å². The number of rotatable bonds is 4. The maximum Gasteiger partial charge on any atom is 0.261 e. The maximum atomic E-state index is 12.8. The molecule has 1 aliphatic heterocycles. The average molecular weight is 361 g/mol. The Hall–Kier alpha value is -3.08. The van der Waals surface area contributed by atoms with Gasteiger partial charge in [-0.3, -0.25) is 4.79 Å². The number of anilines is 1. The molecule has 0 radical (unpaired) electrons. The average Bonchev–Trinajstić information content (AvgIpc) is 3.02. The Morgan fingerprint density at radius 1 is 1.15 bits per heavy atom. The number of ether oxygens (including phenoxy) is 1. The third-order valence-electron chi connectivity index (χ3n) is 5.08. The number of hydrogen-bond donors (Lipinski definition) is 1. The van der Waals surface area contributed by atoms with Gasteiger partial charge in [-0.25, -0.2) is 4.98 Å². The van der Waals surface area contributed by atoms with Gasteiger partial charge in [0.25, 0.3) is 5.91 Å². The van der Waals surface area contributed by atoms with Crippen molar-refractivity contribution in [3.63, 3.8) is 0 Å². The Morgan fingerprint density at radius 3 is 2.67 bits per heavy atom. The fraction of sp³-hybridized carbons (Fsp3) is 0.273. The first-order chi connectivity index (χ1) is 13.0. The fourth-order valence-electron chi connectivity index (χ4n) is 3.54. The molecule has 5 heteroatoms. The van der Waals surface area contributed by atoms with Crippen LogP contribution in [-0.2, 0) is 11.3 Å². The Kier molecular flexibility index (Phi) is 4.44. The first-order valence-electron chi connectivity index (χ1n) is 9.14. The van der Waals surface area contributed by atoms with E-state index in [-0.39, 0.29) is 11.8 Å². The molecule has 0 fully saturated rings. The Bertz CT molecular complexity index is 1000. The number of benzene rings is 2. The van der Waals surface area contributed by atoms with E-state index in [0.717, 1.165) is 33.6 Å². The Balaban J connectivity index is 1.55. The molecule has 4 rings (SSSR count). The molecule has 0 saturated carbocycles. The van der Waals surface area contributed by atoms with E-state index in [1.165, 1.54) is 0 Å². The molecule has 5 nitrogen and oxygen atoms in total. The summed E-state index contributed by atoms with van der Waals surface area (Å²) in [5.41, 5.74) is 3.05. The van der Waals surface area contributed by atoms with Crippen LogP contribution in [0.4, 0.5) is 5.82 Å². The van der Waals surface area contributed by atoms with Crippen molar-refractivity contribution in [1.29, 1.82) is 0 Å². The van der Waals surface area contributed by atoms with Crippen molar-refractivity contribution in [2.75, 3.05) is 19.0 Å². The number of nitrogens with zero attached hydrogens (tertiary/aromatic N) is 2. The molecule has 27 heavy (non-hydrogen) atoms. The van der Waals surface area contributed by atoms with Gasteiger partial charge >= 0.3 is 0 Å². The second kappa shape index (κ2) is 6.91. The summed E-state index contributed by atoms with van der Waals surface area (Å²) >= 11 is 0. The van der Waals surface area contributed by atoms with Gasteiger partial charge in [0.15, 0.2) is 6.10 Å². The van der Waals surface area contributed by atoms with Gasteiger partial charge in [0.1, 0.15) is 11.6 Å². The normalized spacial score (nSPS) is 18.0. The second-order valence-corrected chi connectivity index (χ2v) is 7.13. The number of aromatic nitrogens is 1. The third-order valence-corrected chi connectivity index (χ3v) is 5.08. The quantitative estimate of drug-likeness (QED) is 0.773. The number of carbonyl (C=O) groups is 1. The van der Waals surface area contributed by atoms with Gasteiger partial charge in [-0.1, -0.05) is 43.3 Å². The number of nitrogens with one attached hydrogen (secondary N) is 1. The summed E-state index contributed by atoms with van der Waals surface area (Å²) < 4.78 is 5.89. The van der Waals surface area contributed by atoms with E-state index >= 15 is 0 Å². The molecule has 1 N–H and O–H groups in total. The third kappa shape index (κ3) is 3.21.